The lowest BCUT2D eigenvalue weighted by molar-refractivity contribution is 0.0765. The van der Waals surface area contributed by atoms with Gasteiger partial charge in [0.2, 0.25) is 0 Å². The highest BCUT2D eigenvalue weighted by Crippen LogP contribution is 2.33. The second-order valence-corrected chi connectivity index (χ2v) is 4.54. The number of benzene rings is 2. The van der Waals surface area contributed by atoms with Crippen LogP contribution in [0.3, 0.4) is 0 Å². The monoisotopic (exact) mass is 256 g/mol. The van der Waals surface area contributed by atoms with Crippen molar-refractivity contribution in [1.29, 1.82) is 0 Å². The van der Waals surface area contributed by atoms with E-state index in [1.165, 1.54) is 0 Å². The van der Waals surface area contributed by atoms with E-state index in [-0.39, 0.29) is 0 Å². The molecule has 100 valence electrons. The molecule has 0 saturated carbocycles. The Bertz CT molecular complexity index is 505. The first-order valence-electron chi connectivity index (χ1n) is 6.72. The van der Waals surface area contributed by atoms with Crippen LogP contribution in [0, 0.1) is 0 Å². The number of aliphatic hydroxyl groups is 1. The van der Waals surface area contributed by atoms with Gasteiger partial charge in [-0.3, -0.25) is 0 Å². The zero-order valence-electron chi connectivity index (χ0n) is 11.5. The maximum atomic E-state index is 10.9. The van der Waals surface area contributed by atoms with E-state index in [1.807, 2.05) is 68.4 Å². The fourth-order valence-corrected chi connectivity index (χ4v) is 2.28. The van der Waals surface area contributed by atoms with Crippen LogP contribution >= 0.6 is 0 Å². The van der Waals surface area contributed by atoms with Crippen molar-refractivity contribution in [1.82, 2.24) is 0 Å². The van der Waals surface area contributed by atoms with Gasteiger partial charge in [0.05, 0.1) is 6.61 Å². The topological polar surface area (TPSA) is 29.5 Å². The van der Waals surface area contributed by atoms with Gasteiger partial charge in [0.25, 0.3) is 0 Å². The van der Waals surface area contributed by atoms with Crippen LogP contribution in [0.4, 0.5) is 0 Å². The standard InChI is InChI=1S/C17H20O2/c1-3-17(18,14-8-6-5-7-9-14)15-10-12-16(13-11-15)19-4-2/h5-13,18H,3-4H2,1-2H3. The summed E-state index contributed by atoms with van der Waals surface area (Å²) in [5.74, 6) is 0.831. The van der Waals surface area contributed by atoms with Gasteiger partial charge >= 0.3 is 0 Å². The van der Waals surface area contributed by atoms with Gasteiger partial charge in [0.15, 0.2) is 0 Å². The van der Waals surface area contributed by atoms with E-state index < -0.39 is 5.60 Å². The molecule has 0 fully saturated rings. The van der Waals surface area contributed by atoms with Crippen LogP contribution < -0.4 is 4.74 Å². The molecule has 0 amide bonds. The van der Waals surface area contributed by atoms with Crippen LogP contribution in [0.2, 0.25) is 0 Å². The molecule has 2 nitrogen and oxygen atoms in total. The van der Waals surface area contributed by atoms with Crippen molar-refractivity contribution in [3.8, 4) is 5.75 Å². The molecule has 0 aliphatic carbocycles. The molecular weight excluding hydrogens is 236 g/mol. The van der Waals surface area contributed by atoms with E-state index in [0.717, 1.165) is 16.9 Å². The highest BCUT2D eigenvalue weighted by molar-refractivity contribution is 5.38. The second kappa shape index (κ2) is 5.89. The molecule has 2 aromatic rings. The van der Waals surface area contributed by atoms with Gasteiger partial charge in [-0.2, -0.15) is 0 Å². The van der Waals surface area contributed by atoms with E-state index >= 15 is 0 Å². The first kappa shape index (κ1) is 13.6. The molecule has 0 spiro atoms. The van der Waals surface area contributed by atoms with Crippen molar-refractivity contribution in [2.75, 3.05) is 6.61 Å². The molecule has 2 aromatic carbocycles. The largest absolute Gasteiger partial charge is 0.494 e. The Morgan fingerprint density at radius 1 is 0.895 bits per heavy atom. The molecule has 19 heavy (non-hydrogen) atoms. The number of rotatable bonds is 5. The fourth-order valence-electron chi connectivity index (χ4n) is 2.28. The average molecular weight is 256 g/mol. The van der Waals surface area contributed by atoms with Crippen LogP contribution in [-0.4, -0.2) is 11.7 Å². The summed E-state index contributed by atoms with van der Waals surface area (Å²) in [4.78, 5) is 0. The lowest BCUT2D eigenvalue weighted by Gasteiger charge is -2.28. The quantitative estimate of drug-likeness (QED) is 0.883. The smallest absolute Gasteiger partial charge is 0.119 e. The summed E-state index contributed by atoms with van der Waals surface area (Å²) in [5.41, 5.74) is 0.873. The van der Waals surface area contributed by atoms with Crippen LogP contribution in [0.1, 0.15) is 31.4 Å². The minimum Gasteiger partial charge on any atom is -0.494 e. The van der Waals surface area contributed by atoms with E-state index in [4.69, 9.17) is 4.74 Å². The van der Waals surface area contributed by atoms with E-state index in [9.17, 15) is 5.11 Å². The van der Waals surface area contributed by atoms with Crippen molar-refractivity contribution in [3.63, 3.8) is 0 Å². The Balaban J connectivity index is 2.36. The lowest BCUT2D eigenvalue weighted by Crippen LogP contribution is -2.26. The molecule has 0 aliphatic heterocycles. The average Bonchev–Trinajstić information content (AvgIpc) is 2.48. The first-order chi connectivity index (χ1) is 9.20. The third kappa shape index (κ3) is 2.79. The fraction of sp³-hybridized carbons (Fsp3) is 0.294. The number of ether oxygens (including phenoxy) is 1. The third-order valence-electron chi connectivity index (χ3n) is 3.41. The van der Waals surface area contributed by atoms with Crippen molar-refractivity contribution >= 4 is 0 Å². The molecule has 0 aliphatic rings. The number of hydrogen-bond acceptors (Lipinski definition) is 2. The molecule has 1 unspecified atom stereocenters. The molecule has 2 heteroatoms. The predicted molar refractivity (Wildman–Crippen MR) is 77.3 cm³/mol. The van der Waals surface area contributed by atoms with Gasteiger partial charge in [-0.05, 0) is 36.6 Å². The van der Waals surface area contributed by atoms with Crippen molar-refractivity contribution in [3.05, 3.63) is 65.7 Å². The SMILES string of the molecule is CCOc1ccc(C(O)(CC)c2ccccc2)cc1. The van der Waals surface area contributed by atoms with Crippen LogP contribution in [-0.2, 0) is 5.60 Å². The summed E-state index contributed by atoms with van der Waals surface area (Å²) >= 11 is 0. The van der Waals surface area contributed by atoms with Crippen LogP contribution in [0.5, 0.6) is 5.75 Å². The van der Waals surface area contributed by atoms with E-state index in [0.29, 0.717) is 13.0 Å². The highest BCUT2D eigenvalue weighted by Gasteiger charge is 2.29. The summed E-state index contributed by atoms with van der Waals surface area (Å²) in [6, 6.07) is 17.4. The molecule has 1 atom stereocenters. The molecular formula is C17H20O2. The van der Waals surface area contributed by atoms with Gasteiger partial charge in [0, 0.05) is 0 Å². The molecule has 1 N–H and O–H groups in total. The van der Waals surface area contributed by atoms with Crippen LogP contribution in [0.25, 0.3) is 0 Å². The van der Waals surface area contributed by atoms with E-state index in [2.05, 4.69) is 0 Å². The van der Waals surface area contributed by atoms with Gasteiger partial charge < -0.3 is 9.84 Å². The minimum atomic E-state index is -0.938. The third-order valence-corrected chi connectivity index (χ3v) is 3.41. The Labute approximate surface area is 114 Å². The molecule has 2 rings (SSSR count). The Kier molecular flexibility index (Phi) is 4.23. The minimum absolute atomic E-state index is 0.630. The zero-order valence-corrected chi connectivity index (χ0v) is 11.5. The summed E-state index contributed by atoms with van der Waals surface area (Å²) in [6.45, 7) is 4.60. The maximum Gasteiger partial charge on any atom is 0.119 e. The molecule has 0 bridgehead atoms. The highest BCUT2D eigenvalue weighted by atomic mass is 16.5. The van der Waals surface area contributed by atoms with Crippen molar-refractivity contribution in [2.24, 2.45) is 0 Å². The predicted octanol–water partition coefficient (Wildman–Crippen LogP) is 3.73. The van der Waals surface area contributed by atoms with Crippen molar-refractivity contribution < 1.29 is 9.84 Å². The van der Waals surface area contributed by atoms with Crippen molar-refractivity contribution in [2.45, 2.75) is 25.9 Å². The van der Waals surface area contributed by atoms with Gasteiger partial charge in [-0.15, -0.1) is 0 Å². The normalized spacial score (nSPS) is 13.8. The molecule has 0 saturated heterocycles. The lowest BCUT2D eigenvalue weighted by atomic mass is 9.84. The summed E-state index contributed by atoms with van der Waals surface area (Å²) in [6.07, 6.45) is 0.630. The summed E-state index contributed by atoms with van der Waals surface area (Å²) in [7, 11) is 0. The van der Waals surface area contributed by atoms with Gasteiger partial charge in [0.1, 0.15) is 11.4 Å². The van der Waals surface area contributed by atoms with E-state index in [1.54, 1.807) is 0 Å². The first-order valence-corrected chi connectivity index (χ1v) is 6.72. The molecule has 0 heterocycles. The maximum absolute atomic E-state index is 10.9. The Hall–Kier alpha value is -1.80. The zero-order chi connectivity index (χ0) is 13.7. The number of hydrogen-bond donors (Lipinski definition) is 1. The molecule has 0 aromatic heterocycles. The van der Waals surface area contributed by atoms with Gasteiger partial charge in [-0.25, -0.2) is 0 Å². The summed E-state index contributed by atoms with van der Waals surface area (Å²) < 4.78 is 5.43. The van der Waals surface area contributed by atoms with Crippen LogP contribution in [0.15, 0.2) is 54.6 Å². The Morgan fingerprint density at radius 2 is 1.47 bits per heavy atom. The summed E-state index contributed by atoms with van der Waals surface area (Å²) in [5, 5.41) is 10.9. The van der Waals surface area contributed by atoms with Gasteiger partial charge in [-0.1, -0.05) is 49.4 Å². The molecule has 0 radical (unpaired) electrons. The Morgan fingerprint density at radius 3 is 2.00 bits per heavy atom. The second-order valence-electron chi connectivity index (χ2n) is 4.54.